The molecular formula is C14H19F2O5P. The molecule has 0 aromatic heterocycles. The summed E-state index contributed by atoms with van der Waals surface area (Å²) in [5, 5.41) is 0. The summed E-state index contributed by atoms with van der Waals surface area (Å²) in [6, 6.07) is 2.19. The second-order valence-corrected chi connectivity index (χ2v) is 7.24. The Morgan fingerprint density at radius 3 is 2.68 bits per heavy atom. The van der Waals surface area contributed by atoms with Crippen molar-refractivity contribution >= 4 is 7.60 Å². The Bertz CT molecular complexity index is 589. The molecule has 0 radical (unpaired) electrons. The van der Waals surface area contributed by atoms with E-state index in [-0.39, 0.29) is 18.6 Å². The SMILES string of the molecule is COC[C@H]1O[C@@H](c2cc(C)c(F)cc2F)C[C@H]1O[P@](C)(=O)O. The Labute approximate surface area is 127 Å². The lowest BCUT2D eigenvalue weighted by atomic mass is 10.0. The molecule has 1 heterocycles. The third kappa shape index (κ3) is 4.12. The third-order valence-electron chi connectivity index (χ3n) is 3.49. The van der Waals surface area contributed by atoms with E-state index in [2.05, 4.69) is 0 Å². The van der Waals surface area contributed by atoms with Crippen molar-refractivity contribution in [1.29, 1.82) is 0 Å². The quantitative estimate of drug-likeness (QED) is 0.838. The smallest absolute Gasteiger partial charge is 0.325 e. The first-order valence-electron chi connectivity index (χ1n) is 6.80. The fraction of sp³-hybridized carbons (Fsp3) is 0.571. The second kappa shape index (κ2) is 6.72. The number of aryl methyl sites for hydroxylation is 1. The van der Waals surface area contributed by atoms with Crippen LogP contribution in [0.1, 0.15) is 23.7 Å². The number of benzene rings is 1. The third-order valence-corrected chi connectivity index (χ3v) is 4.15. The van der Waals surface area contributed by atoms with Crippen LogP contribution in [0.4, 0.5) is 8.78 Å². The highest BCUT2D eigenvalue weighted by atomic mass is 31.2. The zero-order valence-corrected chi connectivity index (χ0v) is 13.5. The Morgan fingerprint density at radius 2 is 2.09 bits per heavy atom. The first-order valence-corrected chi connectivity index (χ1v) is 8.82. The fourth-order valence-corrected chi connectivity index (χ4v) is 3.24. The van der Waals surface area contributed by atoms with Crippen LogP contribution in [0, 0.1) is 18.6 Å². The average molecular weight is 336 g/mol. The number of hydrogen-bond donors (Lipinski definition) is 1. The standard InChI is InChI=1S/C14H19F2O5P/c1-8-4-9(11(16)5-10(8)15)12-6-13(21-22(3,17)18)14(20-12)7-19-2/h4-5,12-14H,6-7H2,1-3H3,(H,17,18)/t12-,13-,14-/m1/s1. The molecule has 0 unspecified atom stereocenters. The number of hydrogen-bond acceptors (Lipinski definition) is 4. The molecular weight excluding hydrogens is 317 g/mol. The van der Waals surface area contributed by atoms with Crippen LogP contribution in [0.15, 0.2) is 12.1 Å². The lowest BCUT2D eigenvalue weighted by Crippen LogP contribution is -2.27. The maximum Gasteiger partial charge on any atom is 0.325 e. The minimum absolute atomic E-state index is 0.142. The molecule has 2 rings (SSSR count). The van der Waals surface area contributed by atoms with Crippen molar-refractivity contribution in [2.24, 2.45) is 0 Å². The molecule has 5 nitrogen and oxygen atoms in total. The molecule has 0 aliphatic carbocycles. The molecule has 1 fully saturated rings. The van der Waals surface area contributed by atoms with Gasteiger partial charge >= 0.3 is 7.60 Å². The van der Waals surface area contributed by atoms with E-state index in [9.17, 15) is 18.2 Å². The van der Waals surface area contributed by atoms with E-state index in [0.29, 0.717) is 5.56 Å². The monoisotopic (exact) mass is 336 g/mol. The van der Waals surface area contributed by atoms with Gasteiger partial charge in [-0.1, -0.05) is 0 Å². The van der Waals surface area contributed by atoms with Crippen LogP contribution in [-0.2, 0) is 18.6 Å². The van der Waals surface area contributed by atoms with Crippen LogP contribution in [0.25, 0.3) is 0 Å². The van der Waals surface area contributed by atoms with Crippen LogP contribution in [0.2, 0.25) is 0 Å². The number of rotatable bonds is 5. The Balaban J connectivity index is 2.23. The first kappa shape index (κ1) is 17.5. The molecule has 1 aromatic carbocycles. The molecule has 1 N–H and O–H groups in total. The molecule has 1 aliphatic rings. The van der Waals surface area contributed by atoms with E-state index in [1.54, 1.807) is 0 Å². The molecule has 0 saturated carbocycles. The summed E-state index contributed by atoms with van der Waals surface area (Å²) in [7, 11) is -2.25. The van der Waals surface area contributed by atoms with E-state index in [0.717, 1.165) is 12.7 Å². The Kier molecular flexibility index (Phi) is 5.35. The lowest BCUT2D eigenvalue weighted by Gasteiger charge is -2.19. The van der Waals surface area contributed by atoms with Crippen molar-refractivity contribution in [3.8, 4) is 0 Å². The van der Waals surface area contributed by atoms with Gasteiger partial charge in [-0.05, 0) is 18.6 Å². The Hall–Kier alpha value is -0.850. The van der Waals surface area contributed by atoms with Gasteiger partial charge in [-0.3, -0.25) is 4.57 Å². The lowest BCUT2D eigenvalue weighted by molar-refractivity contribution is -0.0306. The number of ether oxygens (including phenoxy) is 2. The van der Waals surface area contributed by atoms with Gasteiger partial charge in [0, 0.05) is 31.8 Å². The van der Waals surface area contributed by atoms with Crippen LogP contribution in [0.5, 0.6) is 0 Å². The highest BCUT2D eigenvalue weighted by molar-refractivity contribution is 7.51. The minimum atomic E-state index is -3.71. The normalized spacial score (nSPS) is 27.8. The molecule has 0 spiro atoms. The van der Waals surface area contributed by atoms with Crippen molar-refractivity contribution in [3.63, 3.8) is 0 Å². The fourth-order valence-electron chi connectivity index (χ4n) is 2.52. The van der Waals surface area contributed by atoms with Crippen LogP contribution < -0.4 is 0 Å². The molecule has 4 atom stereocenters. The summed E-state index contributed by atoms with van der Waals surface area (Å²) in [4.78, 5) is 9.37. The van der Waals surface area contributed by atoms with E-state index in [4.69, 9.17) is 14.0 Å². The van der Waals surface area contributed by atoms with Crippen molar-refractivity contribution in [2.75, 3.05) is 20.4 Å². The van der Waals surface area contributed by atoms with Crippen LogP contribution >= 0.6 is 7.60 Å². The zero-order chi connectivity index (χ0) is 16.5. The summed E-state index contributed by atoms with van der Waals surface area (Å²) < 4.78 is 54.5. The Morgan fingerprint density at radius 1 is 1.41 bits per heavy atom. The van der Waals surface area contributed by atoms with E-state index >= 15 is 0 Å². The first-order chi connectivity index (χ1) is 10.2. The van der Waals surface area contributed by atoms with Gasteiger partial charge in [0.1, 0.15) is 17.7 Å². The topological polar surface area (TPSA) is 65.0 Å². The van der Waals surface area contributed by atoms with E-state index in [1.165, 1.54) is 20.1 Å². The van der Waals surface area contributed by atoms with Crippen molar-refractivity contribution in [1.82, 2.24) is 0 Å². The van der Waals surface area contributed by atoms with Crippen LogP contribution in [0.3, 0.4) is 0 Å². The van der Waals surface area contributed by atoms with Gasteiger partial charge in [0.2, 0.25) is 0 Å². The molecule has 124 valence electrons. The van der Waals surface area contributed by atoms with Gasteiger partial charge in [0.15, 0.2) is 0 Å². The highest BCUT2D eigenvalue weighted by Crippen LogP contribution is 2.45. The van der Waals surface area contributed by atoms with Gasteiger partial charge in [-0.15, -0.1) is 0 Å². The summed E-state index contributed by atoms with van der Waals surface area (Å²) in [5.41, 5.74) is 0.506. The van der Waals surface area contributed by atoms with Gasteiger partial charge in [-0.25, -0.2) is 8.78 Å². The number of halogens is 2. The maximum absolute atomic E-state index is 14.0. The highest BCUT2D eigenvalue weighted by Gasteiger charge is 2.40. The zero-order valence-electron chi connectivity index (χ0n) is 12.6. The number of methoxy groups -OCH3 is 1. The molecule has 1 aliphatic heterocycles. The van der Waals surface area contributed by atoms with Gasteiger partial charge in [-0.2, -0.15) is 0 Å². The summed E-state index contributed by atoms with van der Waals surface area (Å²) in [6.07, 6.45) is -1.79. The average Bonchev–Trinajstić information content (AvgIpc) is 2.75. The van der Waals surface area contributed by atoms with Crippen molar-refractivity contribution in [3.05, 3.63) is 34.9 Å². The molecule has 1 aromatic rings. The molecule has 0 amide bonds. The molecule has 1 saturated heterocycles. The summed E-state index contributed by atoms with van der Waals surface area (Å²) in [5.74, 6) is -1.34. The van der Waals surface area contributed by atoms with Crippen LogP contribution in [-0.4, -0.2) is 37.5 Å². The minimum Gasteiger partial charge on any atom is -0.382 e. The molecule has 0 bridgehead atoms. The van der Waals surface area contributed by atoms with Crippen molar-refractivity contribution < 1.29 is 32.2 Å². The second-order valence-electron chi connectivity index (χ2n) is 5.42. The largest absolute Gasteiger partial charge is 0.382 e. The predicted molar refractivity (Wildman–Crippen MR) is 75.8 cm³/mol. The van der Waals surface area contributed by atoms with E-state index in [1.807, 2.05) is 0 Å². The van der Waals surface area contributed by atoms with Gasteiger partial charge in [0.25, 0.3) is 0 Å². The summed E-state index contributed by atoms with van der Waals surface area (Å²) in [6.45, 7) is 2.75. The molecule has 8 heteroatoms. The van der Waals surface area contributed by atoms with Gasteiger partial charge in [0.05, 0.1) is 18.8 Å². The van der Waals surface area contributed by atoms with Crippen molar-refractivity contribution in [2.45, 2.75) is 31.7 Å². The van der Waals surface area contributed by atoms with E-state index < -0.39 is 37.5 Å². The molecule has 22 heavy (non-hydrogen) atoms. The maximum atomic E-state index is 14.0. The van der Waals surface area contributed by atoms with Gasteiger partial charge < -0.3 is 18.9 Å². The predicted octanol–water partition coefficient (Wildman–Crippen LogP) is 2.95. The summed E-state index contributed by atoms with van der Waals surface area (Å²) >= 11 is 0.